The number of carbonyl (C=O) groups is 1. The molecule has 6 heteroatoms. The van der Waals surface area contributed by atoms with Crippen molar-refractivity contribution < 1.29 is 14.3 Å². The minimum absolute atomic E-state index is 0.235. The summed E-state index contributed by atoms with van der Waals surface area (Å²) in [5.41, 5.74) is 4.02. The molecule has 0 aliphatic heterocycles. The number of benzene rings is 2. The van der Waals surface area contributed by atoms with Gasteiger partial charge in [-0.2, -0.15) is 0 Å². The number of methoxy groups -OCH3 is 2. The fourth-order valence-corrected chi connectivity index (χ4v) is 3.18. The normalized spacial score (nSPS) is 11.0. The number of nitrogens with zero attached hydrogens (tertiary/aromatic N) is 2. The molecule has 6 nitrogen and oxygen atoms in total. The highest BCUT2D eigenvalue weighted by atomic mass is 16.5. The third kappa shape index (κ3) is 4.03. The molecule has 30 heavy (non-hydrogen) atoms. The van der Waals surface area contributed by atoms with Gasteiger partial charge in [0, 0.05) is 24.0 Å². The first-order valence-corrected chi connectivity index (χ1v) is 9.42. The van der Waals surface area contributed by atoms with Crippen molar-refractivity contribution in [1.29, 1.82) is 0 Å². The van der Waals surface area contributed by atoms with Gasteiger partial charge in [0.05, 0.1) is 25.6 Å². The molecule has 0 radical (unpaired) electrons. The summed E-state index contributed by atoms with van der Waals surface area (Å²) < 4.78 is 12.5. The maximum absolute atomic E-state index is 12.5. The Balaban J connectivity index is 1.55. The van der Waals surface area contributed by atoms with E-state index >= 15 is 0 Å². The van der Waals surface area contributed by atoms with Crippen LogP contribution in [0.4, 0.5) is 5.69 Å². The Morgan fingerprint density at radius 1 is 1.00 bits per heavy atom. The molecule has 150 valence electrons. The molecule has 0 aliphatic rings. The highest BCUT2D eigenvalue weighted by Crippen LogP contribution is 2.29. The molecule has 4 rings (SSSR count). The number of hydrogen-bond donors (Lipinski definition) is 1. The van der Waals surface area contributed by atoms with E-state index in [2.05, 4.69) is 10.3 Å². The third-order valence-corrected chi connectivity index (χ3v) is 4.66. The van der Waals surface area contributed by atoms with Gasteiger partial charge in [0.1, 0.15) is 5.65 Å². The predicted molar refractivity (Wildman–Crippen MR) is 118 cm³/mol. The van der Waals surface area contributed by atoms with Gasteiger partial charge in [-0.3, -0.25) is 4.79 Å². The molecule has 0 unspecified atom stereocenters. The molecule has 2 heterocycles. The number of nitrogens with one attached hydrogen (secondary N) is 1. The van der Waals surface area contributed by atoms with E-state index in [4.69, 9.17) is 9.47 Å². The Labute approximate surface area is 174 Å². The number of pyridine rings is 1. The van der Waals surface area contributed by atoms with Gasteiger partial charge in [0.25, 0.3) is 0 Å². The second-order valence-corrected chi connectivity index (χ2v) is 6.57. The van der Waals surface area contributed by atoms with E-state index in [0.717, 1.165) is 22.5 Å². The van der Waals surface area contributed by atoms with Crippen LogP contribution in [-0.4, -0.2) is 29.5 Å². The molecule has 2 aromatic heterocycles. The molecule has 1 amide bonds. The number of fused-ring (bicyclic) bond motifs is 1. The van der Waals surface area contributed by atoms with Crippen molar-refractivity contribution in [2.45, 2.75) is 0 Å². The minimum atomic E-state index is -0.235. The topological polar surface area (TPSA) is 64.9 Å². The van der Waals surface area contributed by atoms with Crippen LogP contribution in [0.5, 0.6) is 11.5 Å². The van der Waals surface area contributed by atoms with Gasteiger partial charge in [-0.05, 0) is 42.0 Å². The number of aromatic nitrogens is 2. The lowest BCUT2D eigenvalue weighted by Crippen LogP contribution is -2.08. The maximum atomic E-state index is 12.5. The molecule has 0 bridgehead atoms. The van der Waals surface area contributed by atoms with Crippen molar-refractivity contribution in [3.8, 4) is 22.8 Å². The average Bonchev–Trinajstić information content (AvgIpc) is 3.22. The van der Waals surface area contributed by atoms with Crippen molar-refractivity contribution in [3.05, 3.63) is 84.7 Å². The van der Waals surface area contributed by atoms with Gasteiger partial charge in [-0.15, -0.1) is 0 Å². The molecular formula is C24H21N3O3. The largest absolute Gasteiger partial charge is 0.493 e. The quantitative estimate of drug-likeness (QED) is 0.479. The van der Waals surface area contributed by atoms with Crippen LogP contribution >= 0.6 is 0 Å². The molecule has 0 saturated carbocycles. The number of hydrogen-bond acceptors (Lipinski definition) is 4. The molecule has 0 spiro atoms. The Kier molecular flexibility index (Phi) is 5.48. The first-order chi connectivity index (χ1) is 14.7. The van der Waals surface area contributed by atoms with E-state index in [9.17, 15) is 4.79 Å². The Morgan fingerprint density at radius 3 is 2.60 bits per heavy atom. The van der Waals surface area contributed by atoms with Gasteiger partial charge in [-0.25, -0.2) is 4.98 Å². The Morgan fingerprint density at radius 2 is 1.80 bits per heavy atom. The summed E-state index contributed by atoms with van der Waals surface area (Å²) in [6, 6.07) is 18.9. The zero-order chi connectivity index (χ0) is 20.9. The van der Waals surface area contributed by atoms with Crippen molar-refractivity contribution in [3.63, 3.8) is 0 Å². The lowest BCUT2D eigenvalue weighted by atomic mass is 10.1. The molecule has 0 atom stereocenters. The van der Waals surface area contributed by atoms with E-state index in [-0.39, 0.29) is 5.91 Å². The standard InChI is InChI=1S/C24H21N3O3/c1-29-21-12-10-17(15-22(21)30-2)11-13-24(28)26-19-8-4-3-7-18(19)20-16-27-14-6-5-9-23(27)25-20/h3-16H,1-2H3,(H,26,28)/b13-11+. The van der Waals surface area contributed by atoms with Crippen molar-refractivity contribution in [1.82, 2.24) is 9.38 Å². The third-order valence-electron chi connectivity index (χ3n) is 4.66. The first kappa shape index (κ1) is 19.3. The molecule has 2 aromatic carbocycles. The van der Waals surface area contributed by atoms with Crippen molar-refractivity contribution in [2.24, 2.45) is 0 Å². The van der Waals surface area contributed by atoms with Crippen LogP contribution in [0.25, 0.3) is 23.0 Å². The van der Waals surface area contributed by atoms with Crippen LogP contribution in [0.3, 0.4) is 0 Å². The van der Waals surface area contributed by atoms with E-state index in [0.29, 0.717) is 17.2 Å². The van der Waals surface area contributed by atoms with Gasteiger partial charge in [-0.1, -0.05) is 30.3 Å². The summed E-state index contributed by atoms with van der Waals surface area (Å²) in [4.78, 5) is 17.2. The Bertz CT molecular complexity index is 1190. The van der Waals surface area contributed by atoms with Gasteiger partial charge < -0.3 is 19.2 Å². The molecule has 0 aliphatic carbocycles. The minimum Gasteiger partial charge on any atom is -0.493 e. The second-order valence-electron chi connectivity index (χ2n) is 6.57. The van der Waals surface area contributed by atoms with E-state index < -0.39 is 0 Å². The van der Waals surface area contributed by atoms with Crippen molar-refractivity contribution >= 4 is 23.3 Å². The number of carbonyl (C=O) groups excluding carboxylic acids is 1. The molecule has 4 aromatic rings. The summed E-state index contributed by atoms with van der Waals surface area (Å²) in [5.74, 6) is 1.01. The summed E-state index contributed by atoms with van der Waals surface area (Å²) in [6.07, 6.45) is 7.10. The van der Waals surface area contributed by atoms with E-state index in [1.165, 1.54) is 6.08 Å². The van der Waals surface area contributed by atoms with Crippen LogP contribution in [0.1, 0.15) is 5.56 Å². The van der Waals surface area contributed by atoms with Crippen LogP contribution in [0.15, 0.2) is 79.1 Å². The summed E-state index contributed by atoms with van der Waals surface area (Å²) in [7, 11) is 3.16. The smallest absolute Gasteiger partial charge is 0.248 e. The maximum Gasteiger partial charge on any atom is 0.248 e. The van der Waals surface area contributed by atoms with Crippen LogP contribution < -0.4 is 14.8 Å². The van der Waals surface area contributed by atoms with Crippen LogP contribution in [0, 0.1) is 0 Å². The molecule has 0 saturated heterocycles. The van der Waals surface area contributed by atoms with Gasteiger partial charge in [0.15, 0.2) is 11.5 Å². The second kappa shape index (κ2) is 8.53. The lowest BCUT2D eigenvalue weighted by molar-refractivity contribution is -0.111. The predicted octanol–water partition coefficient (Wildman–Crippen LogP) is 4.67. The van der Waals surface area contributed by atoms with Gasteiger partial charge >= 0.3 is 0 Å². The molecular weight excluding hydrogens is 378 g/mol. The fraction of sp³-hybridized carbons (Fsp3) is 0.0833. The highest BCUT2D eigenvalue weighted by molar-refractivity contribution is 6.04. The van der Waals surface area contributed by atoms with Crippen LogP contribution in [-0.2, 0) is 4.79 Å². The van der Waals surface area contributed by atoms with Crippen molar-refractivity contribution in [2.75, 3.05) is 19.5 Å². The lowest BCUT2D eigenvalue weighted by Gasteiger charge is -2.08. The number of para-hydroxylation sites is 1. The van der Waals surface area contributed by atoms with E-state index in [1.54, 1.807) is 26.4 Å². The fourth-order valence-electron chi connectivity index (χ4n) is 3.18. The number of anilines is 1. The first-order valence-electron chi connectivity index (χ1n) is 9.42. The summed E-state index contributed by atoms with van der Waals surface area (Å²) in [5, 5.41) is 2.94. The average molecular weight is 399 g/mol. The van der Waals surface area contributed by atoms with Crippen LogP contribution in [0.2, 0.25) is 0 Å². The van der Waals surface area contributed by atoms with E-state index in [1.807, 2.05) is 71.4 Å². The zero-order valence-electron chi connectivity index (χ0n) is 16.7. The zero-order valence-corrected chi connectivity index (χ0v) is 16.7. The Hall–Kier alpha value is -4.06. The number of imidazole rings is 1. The number of rotatable bonds is 6. The summed E-state index contributed by atoms with van der Waals surface area (Å²) in [6.45, 7) is 0. The monoisotopic (exact) mass is 399 g/mol. The number of ether oxygens (including phenoxy) is 2. The van der Waals surface area contributed by atoms with Gasteiger partial charge in [0.2, 0.25) is 5.91 Å². The molecule has 1 N–H and O–H groups in total. The summed E-state index contributed by atoms with van der Waals surface area (Å²) >= 11 is 0. The SMILES string of the molecule is COc1ccc(/C=C/C(=O)Nc2ccccc2-c2cn3ccccc3n2)cc1OC. The highest BCUT2D eigenvalue weighted by Gasteiger charge is 2.10. The number of amides is 1. The molecule has 0 fully saturated rings.